The van der Waals surface area contributed by atoms with Crippen LogP contribution in [-0.4, -0.2) is 30.6 Å². The second-order valence-electron chi connectivity index (χ2n) is 5.66. The van der Waals surface area contributed by atoms with Crippen LogP contribution in [0.4, 0.5) is 4.39 Å². The number of likely N-dealkylation sites (tertiary alicyclic amines) is 1. The summed E-state index contributed by atoms with van der Waals surface area (Å²) in [5.41, 5.74) is 2.56. The first-order chi connectivity index (χ1) is 8.52. The summed E-state index contributed by atoms with van der Waals surface area (Å²) in [4.78, 5) is 2.42. The van der Waals surface area contributed by atoms with E-state index >= 15 is 0 Å². The zero-order valence-corrected chi connectivity index (χ0v) is 11.6. The molecule has 0 saturated carbocycles. The number of nitrogens with zero attached hydrogens (tertiary/aromatic N) is 1. The third-order valence-corrected chi connectivity index (χ3v) is 4.27. The summed E-state index contributed by atoms with van der Waals surface area (Å²) in [6.07, 6.45) is 2.30. The topological polar surface area (TPSA) is 15.3 Å². The fourth-order valence-electron chi connectivity index (χ4n) is 2.51. The predicted molar refractivity (Wildman–Crippen MR) is 73.1 cm³/mol. The van der Waals surface area contributed by atoms with Gasteiger partial charge in [-0.2, -0.15) is 0 Å². The second-order valence-corrected chi connectivity index (χ2v) is 5.66. The van der Waals surface area contributed by atoms with E-state index in [0.717, 1.165) is 38.0 Å². The molecule has 0 aliphatic carbocycles. The Balaban J connectivity index is 1.97. The first kappa shape index (κ1) is 13.5. The molecule has 100 valence electrons. The molecular formula is C15H23FN2. The van der Waals surface area contributed by atoms with Gasteiger partial charge in [0.25, 0.3) is 0 Å². The monoisotopic (exact) mass is 250 g/mol. The molecule has 0 aromatic heterocycles. The van der Waals surface area contributed by atoms with E-state index in [9.17, 15) is 4.39 Å². The second kappa shape index (κ2) is 5.37. The maximum atomic E-state index is 13.3. The number of hydrogen-bond acceptors (Lipinski definition) is 2. The Morgan fingerprint density at radius 3 is 2.61 bits per heavy atom. The molecule has 0 amide bonds. The van der Waals surface area contributed by atoms with Crippen molar-refractivity contribution in [2.75, 3.05) is 20.1 Å². The Labute approximate surface area is 109 Å². The normalized spacial score (nSPS) is 20.0. The van der Waals surface area contributed by atoms with E-state index in [2.05, 4.69) is 24.1 Å². The Kier molecular flexibility index (Phi) is 4.03. The number of hydrogen-bond donors (Lipinski definition) is 1. The van der Waals surface area contributed by atoms with Gasteiger partial charge in [0.2, 0.25) is 0 Å². The minimum absolute atomic E-state index is 0.132. The van der Waals surface area contributed by atoms with Gasteiger partial charge in [0.15, 0.2) is 0 Å². The lowest BCUT2D eigenvalue weighted by atomic mass is 9.89. The molecule has 1 fully saturated rings. The van der Waals surface area contributed by atoms with Crippen molar-refractivity contribution in [1.29, 1.82) is 0 Å². The Bertz CT molecular complexity index is 409. The summed E-state index contributed by atoms with van der Waals surface area (Å²) in [5, 5.41) is 3.40. The molecule has 0 radical (unpaired) electrons. The number of rotatable bonds is 3. The molecule has 3 heteroatoms. The summed E-state index contributed by atoms with van der Waals surface area (Å²) >= 11 is 0. The average Bonchev–Trinajstić information content (AvgIpc) is 2.37. The SMILES string of the molecule is CNC1(C)CCN(Cc2cc(F)ccc2C)CC1. The fraction of sp³-hybridized carbons (Fsp3) is 0.600. The number of piperidine rings is 1. The van der Waals surface area contributed by atoms with Crippen LogP contribution in [0, 0.1) is 12.7 Å². The zero-order chi connectivity index (χ0) is 13.2. The van der Waals surface area contributed by atoms with Gasteiger partial charge in [0, 0.05) is 25.2 Å². The highest BCUT2D eigenvalue weighted by Crippen LogP contribution is 2.23. The van der Waals surface area contributed by atoms with E-state index in [0.29, 0.717) is 0 Å². The third kappa shape index (κ3) is 3.09. The molecule has 1 aliphatic rings. The van der Waals surface area contributed by atoms with Crippen LogP contribution < -0.4 is 5.32 Å². The van der Waals surface area contributed by atoms with Crippen molar-refractivity contribution in [2.24, 2.45) is 0 Å². The molecule has 0 spiro atoms. The molecule has 0 unspecified atom stereocenters. The van der Waals surface area contributed by atoms with Crippen LogP contribution in [0.2, 0.25) is 0 Å². The van der Waals surface area contributed by atoms with Crippen molar-refractivity contribution < 1.29 is 4.39 Å². The number of halogens is 1. The molecule has 2 rings (SSSR count). The average molecular weight is 250 g/mol. The van der Waals surface area contributed by atoms with Gasteiger partial charge in [-0.3, -0.25) is 4.90 Å². The van der Waals surface area contributed by atoms with E-state index in [-0.39, 0.29) is 11.4 Å². The minimum atomic E-state index is -0.132. The molecule has 18 heavy (non-hydrogen) atoms. The highest BCUT2D eigenvalue weighted by molar-refractivity contribution is 5.26. The summed E-state index contributed by atoms with van der Waals surface area (Å²) < 4.78 is 13.3. The van der Waals surface area contributed by atoms with Crippen molar-refractivity contribution >= 4 is 0 Å². The lowest BCUT2D eigenvalue weighted by molar-refractivity contribution is 0.146. The van der Waals surface area contributed by atoms with Gasteiger partial charge >= 0.3 is 0 Å². The summed E-state index contributed by atoms with van der Waals surface area (Å²) in [6, 6.07) is 5.07. The lowest BCUT2D eigenvalue weighted by Crippen LogP contribution is -2.49. The lowest BCUT2D eigenvalue weighted by Gasteiger charge is -2.39. The Morgan fingerprint density at radius 1 is 1.33 bits per heavy atom. The van der Waals surface area contributed by atoms with Crippen LogP contribution in [0.25, 0.3) is 0 Å². The first-order valence-electron chi connectivity index (χ1n) is 6.69. The molecule has 1 aromatic rings. The van der Waals surface area contributed by atoms with Crippen LogP contribution in [0.5, 0.6) is 0 Å². The van der Waals surface area contributed by atoms with Gasteiger partial charge in [0.05, 0.1) is 0 Å². The summed E-state index contributed by atoms with van der Waals surface area (Å²) in [7, 11) is 2.03. The van der Waals surface area contributed by atoms with E-state index in [1.165, 1.54) is 11.6 Å². The molecule has 1 aliphatic heterocycles. The van der Waals surface area contributed by atoms with Crippen molar-refractivity contribution in [2.45, 2.75) is 38.8 Å². The number of benzene rings is 1. The maximum Gasteiger partial charge on any atom is 0.123 e. The summed E-state index contributed by atoms with van der Waals surface area (Å²) in [6.45, 7) is 7.35. The van der Waals surface area contributed by atoms with Crippen molar-refractivity contribution in [3.8, 4) is 0 Å². The van der Waals surface area contributed by atoms with Crippen LogP contribution in [0.15, 0.2) is 18.2 Å². The van der Waals surface area contributed by atoms with E-state index in [1.807, 2.05) is 13.1 Å². The number of nitrogens with one attached hydrogen (secondary N) is 1. The molecule has 1 aromatic carbocycles. The number of aryl methyl sites for hydroxylation is 1. The molecule has 1 N–H and O–H groups in total. The van der Waals surface area contributed by atoms with Crippen molar-refractivity contribution in [3.05, 3.63) is 35.1 Å². The van der Waals surface area contributed by atoms with Crippen molar-refractivity contribution in [1.82, 2.24) is 10.2 Å². The van der Waals surface area contributed by atoms with Gasteiger partial charge in [-0.25, -0.2) is 4.39 Å². The van der Waals surface area contributed by atoms with Gasteiger partial charge < -0.3 is 5.32 Å². The van der Waals surface area contributed by atoms with Crippen LogP contribution >= 0.6 is 0 Å². The quantitative estimate of drug-likeness (QED) is 0.887. The van der Waals surface area contributed by atoms with Gasteiger partial charge in [-0.15, -0.1) is 0 Å². The highest BCUT2D eigenvalue weighted by Gasteiger charge is 2.28. The molecule has 1 saturated heterocycles. The van der Waals surface area contributed by atoms with E-state index in [1.54, 1.807) is 6.07 Å². The van der Waals surface area contributed by atoms with Gasteiger partial charge in [0.1, 0.15) is 5.82 Å². The maximum absolute atomic E-state index is 13.3. The fourth-order valence-corrected chi connectivity index (χ4v) is 2.51. The predicted octanol–water partition coefficient (Wildman–Crippen LogP) is 2.71. The largest absolute Gasteiger partial charge is 0.314 e. The Morgan fingerprint density at radius 2 is 2.00 bits per heavy atom. The van der Waals surface area contributed by atoms with E-state index in [4.69, 9.17) is 0 Å². The van der Waals surface area contributed by atoms with E-state index < -0.39 is 0 Å². The molecule has 0 atom stereocenters. The Hall–Kier alpha value is -0.930. The van der Waals surface area contributed by atoms with Gasteiger partial charge in [-0.05, 0) is 57.0 Å². The smallest absolute Gasteiger partial charge is 0.123 e. The highest BCUT2D eigenvalue weighted by atomic mass is 19.1. The first-order valence-corrected chi connectivity index (χ1v) is 6.69. The van der Waals surface area contributed by atoms with Crippen LogP contribution in [0.3, 0.4) is 0 Å². The molecule has 1 heterocycles. The molecule has 0 bridgehead atoms. The van der Waals surface area contributed by atoms with Crippen LogP contribution in [0.1, 0.15) is 30.9 Å². The third-order valence-electron chi connectivity index (χ3n) is 4.27. The summed E-state index contributed by atoms with van der Waals surface area (Å²) in [5.74, 6) is -0.132. The minimum Gasteiger partial charge on any atom is -0.314 e. The van der Waals surface area contributed by atoms with Gasteiger partial charge in [-0.1, -0.05) is 6.07 Å². The van der Waals surface area contributed by atoms with Crippen molar-refractivity contribution in [3.63, 3.8) is 0 Å². The molecule has 2 nitrogen and oxygen atoms in total. The molecular weight excluding hydrogens is 227 g/mol. The van der Waals surface area contributed by atoms with Crippen LogP contribution in [-0.2, 0) is 6.54 Å². The zero-order valence-electron chi connectivity index (χ0n) is 11.6. The standard InChI is InChI=1S/C15H23FN2/c1-12-4-5-14(16)10-13(12)11-18-8-6-15(2,17-3)7-9-18/h4-5,10,17H,6-9,11H2,1-3H3.